The molecule has 1 aliphatic heterocycles. The quantitative estimate of drug-likeness (QED) is 0.321. The van der Waals surface area contributed by atoms with Gasteiger partial charge in [-0.25, -0.2) is 4.68 Å². The van der Waals surface area contributed by atoms with Gasteiger partial charge in [-0.2, -0.15) is 5.10 Å². The van der Waals surface area contributed by atoms with Crippen LogP contribution in [-0.4, -0.2) is 33.7 Å². The van der Waals surface area contributed by atoms with Crippen LogP contribution in [0.15, 0.2) is 54.9 Å². The van der Waals surface area contributed by atoms with Gasteiger partial charge in [-0.15, -0.1) is 0 Å². The first-order valence-electron chi connectivity index (χ1n) is 13.2. The number of benzene rings is 2. The lowest BCUT2D eigenvalue weighted by Gasteiger charge is -2.21. The zero-order chi connectivity index (χ0) is 28.6. The second-order valence-electron chi connectivity index (χ2n) is 11.1. The Morgan fingerprint density at radius 3 is 2.65 bits per heavy atom. The Bertz CT molecular complexity index is 1620. The third-order valence-electron chi connectivity index (χ3n) is 7.32. The molecule has 206 valence electrons. The molecule has 9 nitrogen and oxygen atoms in total. The van der Waals surface area contributed by atoms with E-state index >= 15 is 0 Å². The highest BCUT2D eigenvalue weighted by Gasteiger charge is 2.27. The van der Waals surface area contributed by atoms with Crippen LogP contribution in [0.1, 0.15) is 63.7 Å². The molecule has 0 spiro atoms. The van der Waals surface area contributed by atoms with Crippen molar-refractivity contribution in [3.63, 3.8) is 0 Å². The van der Waals surface area contributed by atoms with E-state index in [0.29, 0.717) is 41.5 Å². The third-order valence-corrected chi connectivity index (χ3v) is 7.32. The van der Waals surface area contributed by atoms with E-state index in [1.54, 1.807) is 12.3 Å². The molecule has 0 saturated heterocycles. The number of carbonyl (C=O) groups excluding carboxylic acids is 2. The van der Waals surface area contributed by atoms with Crippen molar-refractivity contribution in [1.29, 1.82) is 0 Å². The molecular weight excluding hydrogens is 504 g/mol. The van der Waals surface area contributed by atoms with Crippen molar-refractivity contribution in [3.05, 3.63) is 88.2 Å². The summed E-state index contributed by atoms with van der Waals surface area (Å²) >= 11 is 0. The minimum atomic E-state index is -0.543. The third kappa shape index (κ3) is 5.14. The summed E-state index contributed by atoms with van der Waals surface area (Å²) in [5.74, 6) is 0.220. The molecule has 0 atom stereocenters. The van der Waals surface area contributed by atoms with Crippen molar-refractivity contribution in [2.24, 2.45) is 5.73 Å². The zero-order valence-corrected chi connectivity index (χ0v) is 23.5. The average molecular weight is 539 g/mol. The predicted molar refractivity (Wildman–Crippen MR) is 155 cm³/mol. The molecule has 0 aliphatic carbocycles. The molecule has 0 fully saturated rings. The number of primary amides is 1. The van der Waals surface area contributed by atoms with Crippen LogP contribution in [0.4, 0.5) is 11.5 Å². The van der Waals surface area contributed by atoms with Gasteiger partial charge in [0.1, 0.15) is 22.8 Å². The highest BCUT2D eigenvalue weighted by Crippen LogP contribution is 2.36. The van der Waals surface area contributed by atoms with Crippen LogP contribution >= 0.6 is 0 Å². The SMILES string of the molecule is COc1cnccc1C(=O)NCc1ccc(-c2nn3c(c2C(N)=O)Nc2ccc(C(C)(C)C)cc2CC3)cc1C. The summed E-state index contributed by atoms with van der Waals surface area (Å²) < 4.78 is 7.07. The van der Waals surface area contributed by atoms with Gasteiger partial charge in [0, 0.05) is 30.5 Å². The molecule has 3 heterocycles. The number of hydrogen-bond donors (Lipinski definition) is 3. The second kappa shape index (κ2) is 10.5. The number of amides is 2. The maximum absolute atomic E-state index is 12.7. The van der Waals surface area contributed by atoms with E-state index in [2.05, 4.69) is 54.6 Å². The summed E-state index contributed by atoms with van der Waals surface area (Å²) in [5, 5.41) is 11.2. The molecule has 0 radical (unpaired) electrons. The number of nitrogens with two attached hydrogens (primary N) is 1. The van der Waals surface area contributed by atoms with Crippen LogP contribution in [0.3, 0.4) is 0 Å². The number of hydrogen-bond acceptors (Lipinski definition) is 6. The maximum atomic E-state index is 12.7. The number of aryl methyl sites for hydroxylation is 3. The Hall–Kier alpha value is -4.66. The average Bonchev–Trinajstić information content (AvgIpc) is 3.19. The predicted octanol–water partition coefficient (Wildman–Crippen LogP) is 4.89. The lowest BCUT2D eigenvalue weighted by atomic mass is 9.85. The molecular formula is C31H34N6O3. The second-order valence-corrected chi connectivity index (χ2v) is 11.1. The molecule has 9 heteroatoms. The molecule has 2 amide bonds. The number of aromatic nitrogens is 3. The summed E-state index contributed by atoms with van der Waals surface area (Å²) in [7, 11) is 1.50. The number of anilines is 2. The van der Waals surface area contributed by atoms with Gasteiger partial charge in [0.15, 0.2) is 0 Å². The van der Waals surface area contributed by atoms with Gasteiger partial charge in [-0.1, -0.05) is 45.0 Å². The molecule has 0 saturated carbocycles. The van der Waals surface area contributed by atoms with Crippen LogP contribution in [0.5, 0.6) is 5.75 Å². The molecule has 2 aromatic carbocycles. The summed E-state index contributed by atoms with van der Waals surface area (Å²) in [4.78, 5) is 29.4. The van der Waals surface area contributed by atoms with Crippen LogP contribution in [0.2, 0.25) is 0 Å². The van der Waals surface area contributed by atoms with Gasteiger partial charge in [-0.05, 0) is 59.2 Å². The number of carbonyl (C=O) groups is 2. The minimum absolute atomic E-state index is 0.0409. The standard InChI is InChI=1S/C31H34N6O3/c1-18-14-20(6-7-21(18)16-34-30(39)23-10-12-33-17-25(23)40-5)27-26(28(32)38)29-35-24-9-8-22(31(2,3)4)15-19(24)11-13-37(29)36-27/h6-10,12,14-15,17,35H,11,13,16H2,1-5H3,(H2,32,38)(H,34,39). The van der Waals surface area contributed by atoms with Gasteiger partial charge >= 0.3 is 0 Å². The van der Waals surface area contributed by atoms with E-state index in [1.807, 2.05) is 29.8 Å². The molecule has 1 aliphatic rings. The fourth-order valence-corrected chi connectivity index (χ4v) is 4.97. The van der Waals surface area contributed by atoms with E-state index in [1.165, 1.54) is 24.4 Å². The molecule has 2 aromatic heterocycles. The van der Waals surface area contributed by atoms with Gasteiger partial charge < -0.3 is 21.1 Å². The first kappa shape index (κ1) is 26.9. The Morgan fingerprint density at radius 1 is 1.15 bits per heavy atom. The van der Waals surface area contributed by atoms with Gasteiger partial charge in [-0.3, -0.25) is 14.6 Å². The van der Waals surface area contributed by atoms with E-state index in [0.717, 1.165) is 28.8 Å². The number of rotatable bonds is 6. The van der Waals surface area contributed by atoms with Crippen LogP contribution in [-0.2, 0) is 24.9 Å². The lowest BCUT2D eigenvalue weighted by molar-refractivity contribution is 0.0946. The zero-order valence-electron chi connectivity index (χ0n) is 23.5. The van der Waals surface area contributed by atoms with Crippen molar-refractivity contribution < 1.29 is 14.3 Å². The lowest BCUT2D eigenvalue weighted by Crippen LogP contribution is -2.23. The Morgan fingerprint density at radius 2 is 1.95 bits per heavy atom. The number of fused-ring (bicyclic) bond motifs is 2. The fraction of sp³-hybridized carbons (Fsp3) is 0.290. The molecule has 4 N–H and O–H groups in total. The number of pyridine rings is 1. The summed E-state index contributed by atoms with van der Waals surface area (Å²) in [6.07, 6.45) is 3.84. The highest BCUT2D eigenvalue weighted by atomic mass is 16.5. The molecule has 0 bridgehead atoms. The van der Waals surface area contributed by atoms with Crippen molar-refractivity contribution in [1.82, 2.24) is 20.1 Å². The number of ether oxygens (including phenoxy) is 1. The fourth-order valence-electron chi connectivity index (χ4n) is 4.97. The van der Waals surface area contributed by atoms with Crippen LogP contribution in [0.25, 0.3) is 11.3 Å². The normalized spacial score (nSPS) is 12.5. The first-order chi connectivity index (χ1) is 19.1. The van der Waals surface area contributed by atoms with E-state index in [9.17, 15) is 9.59 Å². The van der Waals surface area contributed by atoms with Crippen LogP contribution < -0.4 is 21.1 Å². The highest BCUT2D eigenvalue weighted by molar-refractivity contribution is 6.04. The Labute approximate surface area is 233 Å². The van der Waals surface area contributed by atoms with E-state index in [4.69, 9.17) is 15.6 Å². The monoisotopic (exact) mass is 538 g/mol. The van der Waals surface area contributed by atoms with Gasteiger partial charge in [0.2, 0.25) is 0 Å². The number of nitrogens with zero attached hydrogens (tertiary/aromatic N) is 3. The van der Waals surface area contributed by atoms with Crippen LogP contribution in [0, 0.1) is 6.92 Å². The van der Waals surface area contributed by atoms with Crippen molar-refractivity contribution in [2.75, 3.05) is 12.4 Å². The topological polar surface area (TPSA) is 124 Å². The largest absolute Gasteiger partial charge is 0.494 e. The van der Waals surface area contributed by atoms with Gasteiger partial charge in [0.05, 0.1) is 18.9 Å². The summed E-state index contributed by atoms with van der Waals surface area (Å²) in [5.41, 5.74) is 13.3. The van der Waals surface area contributed by atoms with Crippen molar-refractivity contribution >= 4 is 23.3 Å². The van der Waals surface area contributed by atoms with E-state index < -0.39 is 5.91 Å². The van der Waals surface area contributed by atoms with Crippen molar-refractivity contribution in [2.45, 2.75) is 52.6 Å². The molecule has 0 unspecified atom stereocenters. The van der Waals surface area contributed by atoms with E-state index in [-0.39, 0.29) is 11.3 Å². The Kier molecular flexibility index (Phi) is 7.06. The van der Waals surface area contributed by atoms with Crippen molar-refractivity contribution in [3.8, 4) is 17.0 Å². The molecule has 5 rings (SSSR count). The minimum Gasteiger partial charge on any atom is -0.494 e. The number of methoxy groups -OCH3 is 1. The summed E-state index contributed by atoms with van der Waals surface area (Å²) in [6.45, 7) is 9.49. The molecule has 40 heavy (non-hydrogen) atoms. The summed E-state index contributed by atoms with van der Waals surface area (Å²) in [6, 6.07) is 13.8. The maximum Gasteiger partial charge on any atom is 0.255 e. The number of nitrogens with one attached hydrogen (secondary N) is 2. The van der Waals surface area contributed by atoms with Gasteiger partial charge in [0.25, 0.3) is 11.8 Å². The Balaban J connectivity index is 1.41. The first-order valence-corrected chi connectivity index (χ1v) is 13.2. The smallest absolute Gasteiger partial charge is 0.255 e. The molecule has 4 aromatic rings.